The number of aliphatic hydroxyl groups is 1. The second-order valence-corrected chi connectivity index (χ2v) is 3.76. The monoisotopic (exact) mass is 196 g/mol. The van der Waals surface area contributed by atoms with Crippen LogP contribution >= 0.6 is 0 Å². The molecule has 0 spiro atoms. The van der Waals surface area contributed by atoms with Gasteiger partial charge in [-0.25, -0.2) is 9.78 Å². The molecule has 0 aliphatic heterocycles. The molecule has 2 N–H and O–H groups in total. The molecule has 0 radical (unpaired) electrons. The fourth-order valence-corrected chi connectivity index (χ4v) is 1.84. The molecule has 1 aliphatic rings. The smallest absolute Gasteiger partial charge is 0.333 e. The van der Waals surface area contributed by atoms with Gasteiger partial charge in [0.2, 0.25) is 0 Å². The van der Waals surface area contributed by atoms with Gasteiger partial charge in [-0.3, -0.25) is 0 Å². The van der Waals surface area contributed by atoms with Gasteiger partial charge in [-0.2, -0.15) is 0 Å². The van der Waals surface area contributed by atoms with Crippen molar-refractivity contribution in [2.45, 2.75) is 24.4 Å². The summed E-state index contributed by atoms with van der Waals surface area (Å²) in [4.78, 5) is 14.8. The topological polar surface area (TPSA) is 75.3 Å². The molecule has 2 rings (SSSR count). The van der Waals surface area contributed by atoms with Gasteiger partial charge in [0.05, 0.1) is 5.41 Å². The van der Waals surface area contributed by atoms with Crippen molar-refractivity contribution in [1.82, 2.24) is 9.55 Å². The second-order valence-electron chi connectivity index (χ2n) is 3.76. The first-order valence-corrected chi connectivity index (χ1v) is 4.46. The number of aliphatic hydroxyl groups excluding tert-OH is 1. The predicted molar refractivity (Wildman–Crippen MR) is 47.8 cm³/mol. The number of carbonyl (C=O) groups is 1. The largest absolute Gasteiger partial charge is 0.479 e. The Bertz CT molecular complexity index is 368. The van der Waals surface area contributed by atoms with Gasteiger partial charge in [0.1, 0.15) is 5.82 Å². The molecule has 1 fully saturated rings. The normalized spacial score (nSPS) is 20.4. The van der Waals surface area contributed by atoms with Gasteiger partial charge in [0.25, 0.3) is 0 Å². The van der Waals surface area contributed by atoms with E-state index >= 15 is 0 Å². The van der Waals surface area contributed by atoms with Crippen molar-refractivity contribution >= 4 is 5.97 Å². The highest BCUT2D eigenvalue weighted by Gasteiger charge is 2.56. The van der Waals surface area contributed by atoms with Crippen molar-refractivity contribution in [2.24, 2.45) is 7.05 Å². The SMILES string of the molecule is Cn1ccnc1C1(C(O)C(=O)O)CC1. The third-order valence-electron chi connectivity index (χ3n) is 2.81. The number of imidazole rings is 1. The van der Waals surface area contributed by atoms with Crippen LogP contribution in [0.4, 0.5) is 0 Å². The summed E-state index contributed by atoms with van der Waals surface area (Å²) in [6.45, 7) is 0. The van der Waals surface area contributed by atoms with Crippen LogP contribution < -0.4 is 0 Å². The summed E-state index contributed by atoms with van der Waals surface area (Å²) < 4.78 is 1.76. The van der Waals surface area contributed by atoms with Gasteiger partial charge in [-0.15, -0.1) is 0 Å². The van der Waals surface area contributed by atoms with Crippen LogP contribution in [0, 0.1) is 0 Å². The van der Waals surface area contributed by atoms with E-state index in [1.54, 1.807) is 24.0 Å². The van der Waals surface area contributed by atoms with Crippen molar-refractivity contribution in [1.29, 1.82) is 0 Å². The maximum atomic E-state index is 10.7. The minimum absolute atomic E-state index is 0.649. The van der Waals surface area contributed by atoms with Crippen LogP contribution in [0.2, 0.25) is 0 Å². The molecule has 0 saturated heterocycles. The molecule has 1 saturated carbocycles. The number of aliphatic carboxylic acids is 1. The minimum Gasteiger partial charge on any atom is -0.479 e. The first-order chi connectivity index (χ1) is 6.58. The third-order valence-corrected chi connectivity index (χ3v) is 2.81. The van der Waals surface area contributed by atoms with Gasteiger partial charge in [0.15, 0.2) is 6.10 Å². The van der Waals surface area contributed by atoms with Crippen molar-refractivity contribution in [3.8, 4) is 0 Å². The zero-order chi connectivity index (χ0) is 10.3. The first-order valence-electron chi connectivity index (χ1n) is 4.46. The number of hydrogen-bond acceptors (Lipinski definition) is 3. The van der Waals surface area contributed by atoms with Crippen molar-refractivity contribution < 1.29 is 15.0 Å². The van der Waals surface area contributed by atoms with Crippen LogP contribution in [-0.4, -0.2) is 31.8 Å². The highest BCUT2D eigenvalue weighted by molar-refractivity contribution is 5.75. The number of aromatic nitrogens is 2. The van der Waals surface area contributed by atoms with Crippen LogP contribution in [0.3, 0.4) is 0 Å². The summed E-state index contributed by atoms with van der Waals surface area (Å²) in [6, 6.07) is 0. The lowest BCUT2D eigenvalue weighted by Gasteiger charge is -2.17. The molecular formula is C9H12N2O3. The molecule has 1 atom stereocenters. The molecule has 5 heteroatoms. The lowest BCUT2D eigenvalue weighted by atomic mass is 9.98. The van der Waals surface area contributed by atoms with E-state index < -0.39 is 17.5 Å². The predicted octanol–water partition coefficient (Wildman–Crippen LogP) is -0.103. The van der Waals surface area contributed by atoms with Crippen molar-refractivity contribution in [3.05, 3.63) is 18.2 Å². The summed E-state index contributed by atoms with van der Waals surface area (Å²) in [7, 11) is 1.80. The van der Waals surface area contributed by atoms with E-state index in [2.05, 4.69) is 4.98 Å². The number of carboxylic acid groups (broad SMARTS) is 1. The molecule has 1 aromatic heterocycles. The molecule has 0 amide bonds. The Kier molecular flexibility index (Phi) is 1.85. The van der Waals surface area contributed by atoms with Crippen LogP contribution in [0.1, 0.15) is 18.7 Å². The Morgan fingerprint density at radius 1 is 1.71 bits per heavy atom. The molecule has 1 heterocycles. The first kappa shape index (κ1) is 9.21. The highest BCUT2D eigenvalue weighted by Crippen LogP contribution is 2.50. The van der Waals surface area contributed by atoms with E-state index in [1.807, 2.05) is 0 Å². The Hall–Kier alpha value is -1.36. The third kappa shape index (κ3) is 1.13. The number of aryl methyl sites for hydroxylation is 1. The quantitative estimate of drug-likeness (QED) is 0.707. The number of carboxylic acids is 1. The maximum Gasteiger partial charge on any atom is 0.333 e. The Morgan fingerprint density at radius 3 is 2.71 bits per heavy atom. The van der Waals surface area contributed by atoms with E-state index in [0.717, 1.165) is 0 Å². The lowest BCUT2D eigenvalue weighted by Crippen LogP contribution is -2.35. The number of hydrogen-bond donors (Lipinski definition) is 2. The van der Waals surface area contributed by atoms with Gasteiger partial charge in [-0.1, -0.05) is 0 Å². The molecule has 0 bridgehead atoms. The lowest BCUT2D eigenvalue weighted by molar-refractivity contribution is -0.148. The average molecular weight is 196 g/mol. The Balaban J connectivity index is 2.34. The Morgan fingerprint density at radius 2 is 2.36 bits per heavy atom. The number of nitrogens with zero attached hydrogens (tertiary/aromatic N) is 2. The summed E-state index contributed by atoms with van der Waals surface area (Å²) in [5.41, 5.74) is -0.649. The zero-order valence-electron chi connectivity index (χ0n) is 7.84. The summed E-state index contributed by atoms with van der Waals surface area (Å²) >= 11 is 0. The van der Waals surface area contributed by atoms with Crippen LogP contribution in [0.15, 0.2) is 12.4 Å². The minimum atomic E-state index is -1.34. The Labute approximate surface area is 81.0 Å². The average Bonchev–Trinajstić information content (AvgIpc) is 2.83. The van der Waals surface area contributed by atoms with Crippen LogP contribution in [-0.2, 0) is 17.3 Å². The van der Waals surface area contributed by atoms with E-state index in [0.29, 0.717) is 18.7 Å². The van der Waals surface area contributed by atoms with E-state index in [4.69, 9.17) is 5.11 Å². The molecular weight excluding hydrogens is 184 g/mol. The summed E-state index contributed by atoms with van der Waals surface area (Å²) in [5, 5.41) is 18.3. The maximum absolute atomic E-state index is 10.7. The van der Waals surface area contributed by atoms with Gasteiger partial charge in [0, 0.05) is 19.4 Å². The molecule has 1 aromatic rings. The van der Waals surface area contributed by atoms with Gasteiger partial charge < -0.3 is 14.8 Å². The number of rotatable bonds is 3. The van der Waals surface area contributed by atoms with E-state index in [9.17, 15) is 9.90 Å². The molecule has 14 heavy (non-hydrogen) atoms. The van der Waals surface area contributed by atoms with Crippen LogP contribution in [0.5, 0.6) is 0 Å². The summed E-state index contributed by atoms with van der Waals surface area (Å²) in [6.07, 6.45) is 3.40. The molecule has 76 valence electrons. The zero-order valence-corrected chi connectivity index (χ0v) is 7.84. The highest BCUT2D eigenvalue weighted by atomic mass is 16.4. The fraction of sp³-hybridized carbons (Fsp3) is 0.556. The standard InChI is InChI=1S/C9H12N2O3/c1-11-5-4-10-8(11)9(2-3-9)6(12)7(13)14/h4-6,12H,2-3H2,1H3,(H,13,14). The molecule has 5 nitrogen and oxygen atoms in total. The molecule has 1 aliphatic carbocycles. The fourth-order valence-electron chi connectivity index (χ4n) is 1.84. The van der Waals surface area contributed by atoms with E-state index in [-0.39, 0.29) is 0 Å². The summed E-state index contributed by atoms with van der Waals surface area (Å²) in [5.74, 6) is -0.516. The van der Waals surface area contributed by atoms with Crippen molar-refractivity contribution in [2.75, 3.05) is 0 Å². The second kappa shape index (κ2) is 2.81. The van der Waals surface area contributed by atoms with Crippen molar-refractivity contribution in [3.63, 3.8) is 0 Å². The van der Waals surface area contributed by atoms with E-state index in [1.165, 1.54) is 0 Å². The molecule has 1 unspecified atom stereocenters. The molecule has 0 aromatic carbocycles. The van der Waals surface area contributed by atoms with Gasteiger partial charge in [-0.05, 0) is 12.8 Å². The van der Waals surface area contributed by atoms with Crippen LogP contribution in [0.25, 0.3) is 0 Å². The van der Waals surface area contributed by atoms with Gasteiger partial charge >= 0.3 is 5.97 Å².